The Hall–Kier alpha value is -0.610. The van der Waals surface area contributed by atoms with Crippen LogP contribution in [0.1, 0.15) is 40.0 Å². The molecule has 1 amide bonds. The van der Waals surface area contributed by atoms with E-state index in [1.54, 1.807) is 0 Å². The van der Waals surface area contributed by atoms with Crippen LogP contribution in [-0.2, 0) is 4.79 Å². The maximum atomic E-state index is 12.0. The molecule has 1 aliphatic heterocycles. The lowest BCUT2D eigenvalue weighted by molar-refractivity contribution is -0.124. The van der Waals surface area contributed by atoms with Crippen LogP contribution in [0.5, 0.6) is 0 Å². The third-order valence-corrected chi connectivity index (χ3v) is 3.86. The average Bonchev–Trinajstić information content (AvgIpc) is 2.37. The van der Waals surface area contributed by atoms with Gasteiger partial charge in [0.05, 0.1) is 6.04 Å². The van der Waals surface area contributed by atoms with E-state index in [4.69, 9.17) is 5.73 Å². The van der Waals surface area contributed by atoms with Crippen molar-refractivity contribution in [2.75, 3.05) is 19.6 Å². The molecule has 1 saturated heterocycles. The summed E-state index contributed by atoms with van der Waals surface area (Å²) in [6.45, 7) is 9.44. The van der Waals surface area contributed by atoms with E-state index in [0.717, 1.165) is 38.9 Å². The minimum atomic E-state index is -0.364. The topological polar surface area (TPSA) is 58.4 Å². The number of hydrogen-bond donors (Lipinski definition) is 2. The van der Waals surface area contributed by atoms with Gasteiger partial charge in [0.2, 0.25) is 5.91 Å². The highest BCUT2D eigenvalue weighted by Gasteiger charge is 2.24. The summed E-state index contributed by atoms with van der Waals surface area (Å²) in [7, 11) is 0. The van der Waals surface area contributed by atoms with Gasteiger partial charge in [0, 0.05) is 12.6 Å². The van der Waals surface area contributed by atoms with Crippen LogP contribution in [0.4, 0.5) is 0 Å². The van der Waals surface area contributed by atoms with Crippen LogP contribution < -0.4 is 11.1 Å². The molecule has 1 unspecified atom stereocenters. The summed E-state index contributed by atoms with van der Waals surface area (Å²) in [4.78, 5) is 14.3. The normalized spacial score (nSPS) is 25.3. The van der Waals surface area contributed by atoms with Gasteiger partial charge < -0.3 is 16.0 Å². The molecule has 0 radical (unpaired) electrons. The fourth-order valence-electron chi connectivity index (χ4n) is 2.27. The molecule has 0 bridgehead atoms. The van der Waals surface area contributed by atoms with Gasteiger partial charge in [0.1, 0.15) is 0 Å². The number of likely N-dealkylation sites (N-methyl/N-ethyl adjacent to an activating group) is 1. The van der Waals surface area contributed by atoms with Crippen LogP contribution in [0.25, 0.3) is 0 Å². The molecule has 1 heterocycles. The Labute approximate surface area is 105 Å². The summed E-state index contributed by atoms with van der Waals surface area (Å²) < 4.78 is 0. The highest BCUT2D eigenvalue weighted by Crippen LogP contribution is 2.11. The number of likely N-dealkylation sites (tertiary alicyclic amines) is 1. The Morgan fingerprint density at radius 1 is 1.53 bits per heavy atom. The molecule has 0 aromatic carbocycles. The molecule has 3 atom stereocenters. The van der Waals surface area contributed by atoms with Crippen LogP contribution in [0.3, 0.4) is 0 Å². The monoisotopic (exact) mass is 241 g/mol. The summed E-state index contributed by atoms with van der Waals surface area (Å²) in [5, 5.41) is 3.09. The van der Waals surface area contributed by atoms with E-state index >= 15 is 0 Å². The van der Waals surface area contributed by atoms with Crippen molar-refractivity contribution in [2.45, 2.75) is 52.1 Å². The Balaban J connectivity index is 2.40. The number of carbonyl (C=O) groups excluding carboxylic acids is 1. The Kier molecular flexibility index (Phi) is 5.92. The minimum Gasteiger partial charge on any atom is -0.351 e. The maximum absolute atomic E-state index is 12.0. The fraction of sp³-hybridized carbons (Fsp3) is 0.923. The molecule has 17 heavy (non-hydrogen) atoms. The van der Waals surface area contributed by atoms with E-state index in [9.17, 15) is 4.79 Å². The van der Waals surface area contributed by atoms with E-state index in [1.165, 1.54) is 0 Å². The van der Waals surface area contributed by atoms with Gasteiger partial charge in [-0.05, 0) is 31.8 Å². The maximum Gasteiger partial charge on any atom is 0.237 e. The molecular weight excluding hydrogens is 214 g/mol. The number of nitrogens with zero attached hydrogens (tertiary/aromatic N) is 1. The van der Waals surface area contributed by atoms with Crippen molar-refractivity contribution >= 4 is 5.91 Å². The van der Waals surface area contributed by atoms with Crippen molar-refractivity contribution in [2.24, 2.45) is 11.7 Å². The van der Waals surface area contributed by atoms with Crippen LogP contribution >= 0.6 is 0 Å². The first-order chi connectivity index (χ1) is 8.08. The van der Waals surface area contributed by atoms with Gasteiger partial charge in [-0.15, -0.1) is 0 Å². The van der Waals surface area contributed by atoms with Crippen LogP contribution in [-0.4, -0.2) is 42.5 Å². The second-order valence-corrected chi connectivity index (χ2v) is 5.15. The molecule has 4 nitrogen and oxygen atoms in total. The first kappa shape index (κ1) is 14.5. The summed E-state index contributed by atoms with van der Waals surface area (Å²) in [5.41, 5.74) is 5.93. The summed E-state index contributed by atoms with van der Waals surface area (Å²) in [6, 6.07) is -0.0803. The fourth-order valence-corrected chi connectivity index (χ4v) is 2.27. The van der Waals surface area contributed by atoms with Crippen LogP contribution in [0.15, 0.2) is 0 Å². The number of rotatable bonds is 5. The number of amides is 1. The third kappa shape index (κ3) is 4.28. The molecule has 0 aromatic heterocycles. The lowest BCUT2D eigenvalue weighted by Gasteiger charge is -2.33. The first-order valence-electron chi connectivity index (χ1n) is 6.86. The lowest BCUT2D eigenvalue weighted by Crippen LogP contribution is -2.53. The van der Waals surface area contributed by atoms with Gasteiger partial charge in [-0.1, -0.05) is 27.2 Å². The zero-order valence-electron chi connectivity index (χ0n) is 11.4. The molecule has 1 fully saturated rings. The molecular formula is C13H27N3O. The van der Waals surface area contributed by atoms with Crippen molar-refractivity contribution in [3.63, 3.8) is 0 Å². The molecule has 0 aliphatic carbocycles. The zero-order chi connectivity index (χ0) is 12.8. The molecule has 0 aromatic rings. The molecule has 3 N–H and O–H groups in total. The highest BCUT2D eigenvalue weighted by atomic mass is 16.2. The number of carbonyl (C=O) groups is 1. The minimum absolute atomic E-state index is 0.0160. The molecule has 0 spiro atoms. The number of piperidine rings is 1. The largest absolute Gasteiger partial charge is 0.351 e. The van der Waals surface area contributed by atoms with Crippen LogP contribution in [0, 0.1) is 5.92 Å². The summed E-state index contributed by atoms with van der Waals surface area (Å²) in [5.74, 6) is 0.267. The van der Waals surface area contributed by atoms with E-state index in [2.05, 4.69) is 24.1 Å². The first-order valence-corrected chi connectivity index (χ1v) is 6.86. The highest BCUT2D eigenvalue weighted by molar-refractivity contribution is 5.82. The number of nitrogens with two attached hydrogens (primary N) is 1. The van der Waals surface area contributed by atoms with Gasteiger partial charge in [-0.2, -0.15) is 0 Å². The predicted octanol–water partition coefficient (Wildman–Crippen LogP) is 0.960. The smallest absolute Gasteiger partial charge is 0.237 e. The molecule has 100 valence electrons. The van der Waals surface area contributed by atoms with Crippen molar-refractivity contribution in [3.05, 3.63) is 0 Å². The molecule has 1 aliphatic rings. The van der Waals surface area contributed by atoms with E-state index < -0.39 is 0 Å². The van der Waals surface area contributed by atoms with Crippen molar-refractivity contribution < 1.29 is 4.79 Å². The SMILES string of the molecule is CC[C@H](C)[C@H](N)C(=O)NC1CCCN(CC)C1. The van der Waals surface area contributed by atoms with Crippen LogP contribution in [0.2, 0.25) is 0 Å². The van der Waals surface area contributed by atoms with E-state index in [-0.39, 0.29) is 23.9 Å². The van der Waals surface area contributed by atoms with Crippen molar-refractivity contribution in [3.8, 4) is 0 Å². The second-order valence-electron chi connectivity index (χ2n) is 5.15. The number of nitrogens with one attached hydrogen (secondary N) is 1. The summed E-state index contributed by atoms with van der Waals surface area (Å²) >= 11 is 0. The second kappa shape index (κ2) is 6.97. The van der Waals surface area contributed by atoms with Gasteiger partial charge >= 0.3 is 0 Å². The molecule has 4 heteroatoms. The standard InChI is InChI=1S/C13H27N3O/c1-4-10(3)12(14)13(17)15-11-7-6-8-16(5-2)9-11/h10-12H,4-9,14H2,1-3H3,(H,15,17)/t10-,11?,12-/m0/s1. The molecule has 0 saturated carbocycles. The summed E-state index contributed by atoms with van der Waals surface area (Å²) in [6.07, 6.45) is 3.19. The number of hydrogen-bond acceptors (Lipinski definition) is 3. The van der Waals surface area contributed by atoms with E-state index in [1.807, 2.05) is 6.92 Å². The van der Waals surface area contributed by atoms with Crippen molar-refractivity contribution in [1.82, 2.24) is 10.2 Å². The zero-order valence-corrected chi connectivity index (χ0v) is 11.4. The quantitative estimate of drug-likeness (QED) is 0.754. The van der Waals surface area contributed by atoms with Gasteiger partial charge in [0.15, 0.2) is 0 Å². The third-order valence-electron chi connectivity index (χ3n) is 3.86. The lowest BCUT2D eigenvalue weighted by atomic mass is 9.98. The Bertz CT molecular complexity index is 245. The molecule has 1 rings (SSSR count). The average molecular weight is 241 g/mol. The van der Waals surface area contributed by atoms with Gasteiger partial charge in [-0.3, -0.25) is 4.79 Å². The Morgan fingerprint density at radius 2 is 2.24 bits per heavy atom. The predicted molar refractivity (Wildman–Crippen MR) is 70.7 cm³/mol. The van der Waals surface area contributed by atoms with Gasteiger partial charge in [-0.25, -0.2) is 0 Å². The van der Waals surface area contributed by atoms with E-state index in [0.29, 0.717) is 0 Å². The van der Waals surface area contributed by atoms with Crippen molar-refractivity contribution in [1.29, 1.82) is 0 Å². The van der Waals surface area contributed by atoms with Gasteiger partial charge in [0.25, 0.3) is 0 Å². The Morgan fingerprint density at radius 3 is 2.82 bits per heavy atom.